The van der Waals surface area contributed by atoms with Crippen molar-refractivity contribution in [3.63, 3.8) is 0 Å². The molecule has 0 saturated heterocycles. The average molecular weight is 195 g/mol. The molecule has 0 aliphatic heterocycles. The van der Waals surface area contributed by atoms with Crippen LogP contribution >= 0.6 is 0 Å². The summed E-state index contributed by atoms with van der Waals surface area (Å²) < 4.78 is 0. The van der Waals surface area contributed by atoms with E-state index in [0.717, 1.165) is 12.4 Å². The van der Waals surface area contributed by atoms with E-state index in [2.05, 4.69) is 18.8 Å². The molecule has 0 fully saturated rings. The Morgan fingerprint density at radius 1 is 1.36 bits per heavy atom. The maximum absolute atomic E-state index is 5.40. The lowest BCUT2D eigenvalue weighted by molar-refractivity contribution is 0.868. The Morgan fingerprint density at radius 3 is 2.43 bits per heavy atom. The van der Waals surface area contributed by atoms with E-state index in [0.29, 0.717) is 6.54 Å². The van der Waals surface area contributed by atoms with Gasteiger partial charge in [0.1, 0.15) is 5.82 Å². The van der Waals surface area contributed by atoms with Crippen molar-refractivity contribution in [2.75, 3.05) is 25.0 Å². The van der Waals surface area contributed by atoms with Crippen molar-refractivity contribution in [3.05, 3.63) is 24.4 Å². The van der Waals surface area contributed by atoms with Crippen LogP contribution in [0.1, 0.15) is 20.3 Å². The maximum Gasteiger partial charge on any atom is 0.128 e. The van der Waals surface area contributed by atoms with E-state index in [1.165, 1.54) is 6.42 Å². The molecule has 3 heteroatoms. The van der Waals surface area contributed by atoms with Crippen molar-refractivity contribution in [1.82, 2.24) is 4.98 Å². The van der Waals surface area contributed by atoms with Gasteiger partial charge in [0.2, 0.25) is 0 Å². The third kappa shape index (κ3) is 5.54. The van der Waals surface area contributed by atoms with Gasteiger partial charge < -0.3 is 10.6 Å². The van der Waals surface area contributed by atoms with Gasteiger partial charge in [-0.2, -0.15) is 0 Å². The van der Waals surface area contributed by atoms with Crippen LogP contribution in [0.2, 0.25) is 0 Å². The van der Waals surface area contributed by atoms with E-state index < -0.39 is 0 Å². The predicted octanol–water partition coefficient (Wildman–Crippen LogP) is 1.89. The van der Waals surface area contributed by atoms with Crippen LogP contribution in [-0.2, 0) is 0 Å². The molecule has 0 aliphatic rings. The number of rotatable bonds is 3. The highest BCUT2D eigenvalue weighted by Gasteiger charge is 1.97. The second kappa shape index (κ2) is 8.51. The molecule has 0 unspecified atom stereocenters. The molecule has 0 amide bonds. The van der Waals surface area contributed by atoms with Gasteiger partial charge in [0.25, 0.3) is 0 Å². The summed E-state index contributed by atoms with van der Waals surface area (Å²) in [5.74, 6) is 0.970. The molecule has 0 aromatic carbocycles. The van der Waals surface area contributed by atoms with E-state index in [1.807, 2.05) is 30.1 Å². The molecule has 1 rings (SSSR count). The molecule has 80 valence electrons. The Morgan fingerprint density at radius 2 is 2.00 bits per heavy atom. The third-order valence-corrected chi connectivity index (χ3v) is 1.50. The van der Waals surface area contributed by atoms with Gasteiger partial charge in [-0.3, -0.25) is 0 Å². The van der Waals surface area contributed by atoms with Crippen LogP contribution in [0.15, 0.2) is 24.4 Å². The fraction of sp³-hybridized carbons (Fsp3) is 0.545. The minimum atomic E-state index is 0.660. The predicted molar refractivity (Wildman–Crippen MR) is 62.5 cm³/mol. The van der Waals surface area contributed by atoms with Crippen LogP contribution in [-0.4, -0.2) is 25.1 Å². The second-order valence-electron chi connectivity index (χ2n) is 3.11. The van der Waals surface area contributed by atoms with Gasteiger partial charge in [-0.1, -0.05) is 26.3 Å². The molecule has 1 aromatic rings. The van der Waals surface area contributed by atoms with Crippen LogP contribution in [0, 0.1) is 0 Å². The summed E-state index contributed by atoms with van der Waals surface area (Å²) in [6.07, 6.45) is 3.03. The molecule has 3 nitrogen and oxygen atoms in total. The van der Waals surface area contributed by atoms with Crippen molar-refractivity contribution in [3.8, 4) is 0 Å². The van der Waals surface area contributed by atoms with Gasteiger partial charge in [0.15, 0.2) is 0 Å². The topological polar surface area (TPSA) is 42.1 Å². The number of anilines is 1. The van der Waals surface area contributed by atoms with Crippen molar-refractivity contribution < 1.29 is 0 Å². The highest BCUT2D eigenvalue weighted by molar-refractivity contribution is 5.36. The Bertz CT molecular complexity index is 211. The summed E-state index contributed by atoms with van der Waals surface area (Å²) in [4.78, 5) is 6.20. The van der Waals surface area contributed by atoms with Crippen molar-refractivity contribution in [1.29, 1.82) is 0 Å². The van der Waals surface area contributed by atoms with Crippen LogP contribution in [0.3, 0.4) is 0 Å². The second-order valence-corrected chi connectivity index (χ2v) is 3.11. The minimum Gasteiger partial charge on any atom is -0.358 e. The van der Waals surface area contributed by atoms with E-state index in [9.17, 15) is 0 Å². The average Bonchev–Trinajstić information content (AvgIpc) is 2.21. The van der Waals surface area contributed by atoms with Crippen LogP contribution < -0.4 is 10.6 Å². The molecule has 14 heavy (non-hydrogen) atoms. The summed E-state index contributed by atoms with van der Waals surface area (Å²) in [6, 6.07) is 5.84. The SMILES string of the molecule is CCC.CN(CCN)c1ccccn1. The lowest BCUT2D eigenvalue weighted by Crippen LogP contribution is -2.25. The summed E-state index contributed by atoms with van der Waals surface area (Å²) in [5.41, 5.74) is 5.40. The number of nitrogens with zero attached hydrogens (tertiary/aromatic N) is 2. The zero-order valence-corrected chi connectivity index (χ0v) is 9.40. The van der Waals surface area contributed by atoms with E-state index in [4.69, 9.17) is 5.73 Å². The summed E-state index contributed by atoms with van der Waals surface area (Å²) in [7, 11) is 1.98. The monoisotopic (exact) mass is 195 g/mol. The standard InChI is InChI=1S/C8H13N3.C3H8/c1-11(7-5-9)8-4-2-3-6-10-8;1-3-2/h2-4,6H,5,7,9H2,1H3;3H2,1-2H3. The molecule has 1 heterocycles. The van der Waals surface area contributed by atoms with Crippen LogP contribution in [0.25, 0.3) is 0 Å². The van der Waals surface area contributed by atoms with E-state index in [1.54, 1.807) is 6.20 Å². The Labute approximate surface area is 86.9 Å². The highest BCUT2D eigenvalue weighted by Crippen LogP contribution is 2.04. The molecular formula is C11H21N3. The first-order valence-electron chi connectivity index (χ1n) is 5.08. The molecule has 2 N–H and O–H groups in total. The Hall–Kier alpha value is -1.09. The first-order chi connectivity index (χ1) is 6.76. The number of hydrogen-bond donors (Lipinski definition) is 1. The van der Waals surface area contributed by atoms with Gasteiger partial charge in [0, 0.05) is 26.3 Å². The first-order valence-corrected chi connectivity index (χ1v) is 5.08. The molecular weight excluding hydrogens is 174 g/mol. The van der Waals surface area contributed by atoms with E-state index >= 15 is 0 Å². The van der Waals surface area contributed by atoms with Gasteiger partial charge in [-0.15, -0.1) is 0 Å². The number of hydrogen-bond acceptors (Lipinski definition) is 3. The first kappa shape index (κ1) is 12.9. The van der Waals surface area contributed by atoms with Crippen molar-refractivity contribution in [2.24, 2.45) is 5.73 Å². The number of aromatic nitrogens is 1. The largest absolute Gasteiger partial charge is 0.358 e. The van der Waals surface area contributed by atoms with Gasteiger partial charge in [-0.25, -0.2) is 4.98 Å². The Kier molecular flexibility index (Phi) is 7.84. The van der Waals surface area contributed by atoms with Gasteiger partial charge in [0.05, 0.1) is 0 Å². The van der Waals surface area contributed by atoms with Gasteiger partial charge in [-0.05, 0) is 12.1 Å². The normalized spacial score (nSPS) is 8.86. The lowest BCUT2D eigenvalue weighted by Gasteiger charge is -2.15. The smallest absolute Gasteiger partial charge is 0.128 e. The number of nitrogens with two attached hydrogens (primary N) is 1. The molecule has 0 saturated carbocycles. The number of likely N-dealkylation sites (N-methyl/N-ethyl adjacent to an activating group) is 1. The van der Waals surface area contributed by atoms with Crippen molar-refractivity contribution >= 4 is 5.82 Å². The summed E-state index contributed by atoms with van der Waals surface area (Å²) >= 11 is 0. The molecule has 0 bridgehead atoms. The van der Waals surface area contributed by atoms with Gasteiger partial charge >= 0.3 is 0 Å². The molecule has 0 radical (unpaired) electrons. The zero-order valence-electron chi connectivity index (χ0n) is 9.40. The molecule has 0 spiro atoms. The van der Waals surface area contributed by atoms with Crippen molar-refractivity contribution in [2.45, 2.75) is 20.3 Å². The molecule has 0 atom stereocenters. The van der Waals surface area contributed by atoms with Crippen LogP contribution in [0.5, 0.6) is 0 Å². The summed E-state index contributed by atoms with van der Waals surface area (Å²) in [6.45, 7) is 5.75. The highest BCUT2D eigenvalue weighted by atomic mass is 15.2. The maximum atomic E-state index is 5.40. The minimum absolute atomic E-state index is 0.660. The zero-order chi connectivity index (χ0) is 10.8. The molecule has 0 aliphatic carbocycles. The molecule has 1 aromatic heterocycles. The van der Waals surface area contributed by atoms with E-state index in [-0.39, 0.29) is 0 Å². The Balaban J connectivity index is 0.000000500. The fourth-order valence-corrected chi connectivity index (χ4v) is 0.888. The lowest BCUT2D eigenvalue weighted by atomic mass is 10.4. The fourth-order valence-electron chi connectivity index (χ4n) is 0.888. The third-order valence-electron chi connectivity index (χ3n) is 1.50. The summed E-state index contributed by atoms with van der Waals surface area (Å²) in [5, 5.41) is 0. The quantitative estimate of drug-likeness (QED) is 0.801. The number of pyridine rings is 1. The van der Waals surface area contributed by atoms with Crippen LogP contribution in [0.4, 0.5) is 5.82 Å².